The predicted octanol–water partition coefficient (Wildman–Crippen LogP) is 2.09. The van der Waals surface area contributed by atoms with Crippen LogP contribution in [0.4, 0.5) is 18.0 Å². The Morgan fingerprint density at radius 3 is 2.30 bits per heavy atom. The lowest BCUT2D eigenvalue weighted by Gasteiger charge is -2.28. The van der Waals surface area contributed by atoms with Crippen molar-refractivity contribution >= 4 is 12.0 Å². The SMILES string of the molecule is COC(C)(C)CC(C)NC(=O)N1C[C@@H](C(F)(F)F)[C@H](C(=O)O)C1. The predicted molar refractivity (Wildman–Crippen MR) is 75.9 cm³/mol. The smallest absolute Gasteiger partial charge is 0.394 e. The van der Waals surface area contributed by atoms with Gasteiger partial charge in [0.25, 0.3) is 0 Å². The van der Waals surface area contributed by atoms with Crippen LogP contribution in [0.1, 0.15) is 27.2 Å². The fraction of sp³-hybridized carbons (Fsp3) is 0.857. The Labute approximate surface area is 133 Å². The van der Waals surface area contributed by atoms with Gasteiger partial charge in [-0.3, -0.25) is 4.79 Å². The number of nitrogens with one attached hydrogen (secondary N) is 1. The number of urea groups is 1. The van der Waals surface area contributed by atoms with E-state index in [0.717, 1.165) is 4.90 Å². The van der Waals surface area contributed by atoms with E-state index in [1.54, 1.807) is 6.92 Å². The molecule has 1 fully saturated rings. The first kappa shape index (κ1) is 19.5. The minimum atomic E-state index is -4.65. The number of likely N-dealkylation sites (tertiary alicyclic amines) is 1. The molecule has 0 aromatic rings. The van der Waals surface area contributed by atoms with Crippen LogP contribution in [0.2, 0.25) is 0 Å². The molecule has 6 nitrogen and oxygen atoms in total. The van der Waals surface area contributed by atoms with Gasteiger partial charge >= 0.3 is 18.2 Å². The van der Waals surface area contributed by atoms with Gasteiger partial charge in [0.1, 0.15) is 0 Å². The number of aliphatic carboxylic acids is 1. The Bertz CT molecular complexity index is 454. The van der Waals surface area contributed by atoms with E-state index in [9.17, 15) is 22.8 Å². The summed E-state index contributed by atoms with van der Waals surface area (Å²) < 4.78 is 43.9. The number of carboxylic acids is 1. The Hall–Kier alpha value is -1.51. The molecule has 0 aromatic carbocycles. The lowest BCUT2D eigenvalue weighted by molar-refractivity contribution is -0.187. The highest BCUT2D eigenvalue weighted by Crippen LogP contribution is 2.37. The number of methoxy groups -OCH3 is 1. The van der Waals surface area contributed by atoms with Crippen LogP contribution in [-0.4, -0.2) is 60.0 Å². The first-order valence-corrected chi connectivity index (χ1v) is 7.27. The molecule has 0 aromatic heterocycles. The number of carboxylic acid groups (broad SMARTS) is 1. The first-order chi connectivity index (χ1) is 10.4. The van der Waals surface area contributed by atoms with Gasteiger partial charge in [-0.1, -0.05) is 0 Å². The van der Waals surface area contributed by atoms with Gasteiger partial charge in [0.05, 0.1) is 17.4 Å². The summed E-state index contributed by atoms with van der Waals surface area (Å²) in [6.07, 6.45) is -4.18. The summed E-state index contributed by atoms with van der Waals surface area (Å²) in [4.78, 5) is 24.0. The molecule has 0 radical (unpaired) electrons. The summed E-state index contributed by atoms with van der Waals surface area (Å²) in [5.41, 5.74) is -0.490. The van der Waals surface area contributed by atoms with Gasteiger partial charge < -0.3 is 20.1 Å². The lowest BCUT2D eigenvalue weighted by atomic mass is 9.96. The summed E-state index contributed by atoms with van der Waals surface area (Å²) in [5, 5.41) is 11.5. The third-order valence-corrected chi connectivity index (χ3v) is 4.06. The van der Waals surface area contributed by atoms with Crippen LogP contribution in [0.25, 0.3) is 0 Å². The van der Waals surface area contributed by atoms with Crippen LogP contribution >= 0.6 is 0 Å². The fourth-order valence-corrected chi connectivity index (χ4v) is 2.73. The zero-order chi connectivity index (χ0) is 18.0. The third kappa shape index (κ3) is 5.26. The molecule has 1 saturated heterocycles. The van der Waals surface area contributed by atoms with E-state index in [1.807, 2.05) is 13.8 Å². The average Bonchev–Trinajstić information content (AvgIpc) is 2.83. The molecule has 2 N–H and O–H groups in total. The summed E-state index contributed by atoms with van der Waals surface area (Å²) in [6.45, 7) is 4.26. The van der Waals surface area contributed by atoms with E-state index in [4.69, 9.17) is 9.84 Å². The number of rotatable bonds is 5. The number of hydrogen-bond acceptors (Lipinski definition) is 3. The molecule has 23 heavy (non-hydrogen) atoms. The van der Waals surface area contributed by atoms with Gasteiger partial charge in [0.2, 0.25) is 0 Å². The number of halogens is 3. The molecule has 0 bridgehead atoms. The van der Waals surface area contributed by atoms with Crippen molar-refractivity contribution < 1.29 is 32.6 Å². The molecule has 1 heterocycles. The van der Waals surface area contributed by atoms with Gasteiger partial charge in [0.15, 0.2) is 0 Å². The minimum Gasteiger partial charge on any atom is -0.481 e. The molecule has 1 rings (SSSR count). The fourth-order valence-electron chi connectivity index (χ4n) is 2.73. The monoisotopic (exact) mass is 340 g/mol. The van der Waals surface area contributed by atoms with Gasteiger partial charge in [-0.05, 0) is 27.2 Å². The lowest BCUT2D eigenvalue weighted by Crippen LogP contribution is -2.45. The second-order valence-electron chi connectivity index (χ2n) is 6.52. The van der Waals surface area contributed by atoms with Crippen LogP contribution in [0.15, 0.2) is 0 Å². The molecule has 1 unspecified atom stereocenters. The first-order valence-electron chi connectivity index (χ1n) is 7.27. The van der Waals surface area contributed by atoms with Crippen LogP contribution < -0.4 is 5.32 Å². The van der Waals surface area contributed by atoms with Crippen LogP contribution in [-0.2, 0) is 9.53 Å². The molecule has 0 aliphatic carbocycles. The molecule has 1 aliphatic rings. The van der Waals surface area contributed by atoms with Crippen molar-refractivity contribution in [2.75, 3.05) is 20.2 Å². The number of nitrogens with zero attached hydrogens (tertiary/aromatic N) is 1. The minimum absolute atomic E-state index is 0.328. The molecule has 9 heteroatoms. The number of ether oxygens (including phenoxy) is 1. The molecule has 2 amide bonds. The van der Waals surface area contributed by atoms with Crippen molar-refractivity contribution in [2.24, 2.45) is 11.8 Å². The Balaban J connectivity index is 2.69. The van der Waals surface area contributed by atoms with E-state index in [2.05, 4.69) is 5.32 Å². The van der Waals surface area contributed by atoms with E-state index in [0.29, 0.717) is 6.42 Å². The van der Waals surface area contributed by atoms with Gasteiger partial charge in [-0.2, -0.15) is 13.2 Å². The average molecular weight is 340 g/mol. The molecule has 3 atom stereocenters. The van der Waals surface area contributed by atoms with E-state index < -0.39 is 48.7 Å². The number of carbonyl (C=O) groups is 2. The van der Waals surface area contributed by atoms with Crippen LogP contribution in [0.5, 0.6) is 0 Å². The highest BCUT2D eigenvalue weighted by Gasteiger charge is 2.53. The second kappa shape index (κ2) is 6.94. The zero-order valence-electron chi connectivity index (χ0n) is 13.6. The summed E-state index contributed by atoms with van der Waals surface area (Å²) in [7, 11) is 1.53. The van der Waals surface area contributed by atoms with E-state index in [1.165, 1.54) is 7.11 Å². The van der Waals surface area contributed by atoms with Crippen LogP contribution in [0.3, 0.4) is 0 Å². The van der Waals surface area contributed by atoms with Crippen molar-refractivity contribution in [2.45, 2.75) is 45.0 Å². The Kier molecular flexibility index (Phi) is 5.89. The maximum Gasteiger partial charge on any atom is 0.394 e. The highest BCUT2D eigenvalue weighted by atomic mass is 19.4. The normalized spacial score (nSPS) is 23.7. The highest BCUT2D eigenvalue weighted by molar-refractivity contribution is 5.78. The molecule has 0 saturated carbocycles. The molecular formula is C14H23F3N2O4. The summed E-state index contributed by atoms with van der Waals surface area (Å²) in [6, 6.07) is -1.02. The quantitative estimate of drug-likeness (QED) is 0.803. The summed E-state index contributed by atoms with van der Waals surface area (Å²) in [5.74, 6) is -5.22. The topological polar surface area (TPSA) is 78.9 Å². The molecule has 134 valence electrons. The van der Waals surface area contributed by atoms with Crippen LogP contribution in [0, 0.1) is 11.8 Å². The second-order valence-corrected chi connectivity index (χ2v) is 6.52. The standard InChI is InChI=1S/C14H23F3N2O4/c1-8(5-13(2,3)23-4)18-12(22)19-6-9(11(20)21)10(7-19)14(15,16)17/h8-10H,5-7H2,1-4H3,(H,18,22)(H,20,21)/t8?,9-,10-/m1/s1. The molecular weight excluding hydrogens is 317 g/mol. The van der Waals surface area contributed by atoms with Gasteiger partial charge in [-0.25, -0.2) is 4.79 Å². The van der Waals surface area contributed by atoms with Gasteiger partial charge in [0, 0.05) is 26.2 Å². The van der Waals surface area contributed by atoms with Crippen molar-refractivity contribution in [3.8, 4) is 0 Å². The maximum atomic E-state index is 12.9. The number of hydrogen-bond donors (Lipinski definition) is 2. The van der Waals surface area contributed by atoms with Crippen molar-refractivity contribution in [1.82, 2.24) is 10.2 Å². The molecule has 0 spiro atoms. The molecule has 1 aliphatic heterocycles. The number of carbonyl (C=O) groups excluding carboxylic acids is 1. The number of amides is 2. The largest absolute Gasteiger partial charge is 0.481 e. The maximum absolute atomic E-state index is 12.9. The number of alkyl halides is 3. The van der Waals surface area contributed by atoms with E-state index >= 15 is 0 Å². The van der Waals surface area contributed by atoms with Gasteiger partial charge in [-0.15, -0.1) is 0 Å². The Morgan fingerprint density at radius 1 is 1.35 bits per heavy atom. The summed E-state index contributed by atoms with van der Waals surface area (Å²) >= 11 is 0. The van der Waals surface area contributed by atoms with Crippen molar-refractivity contribution in [3.63, 3.8) is 0 Å². The third-order valence-electron chi connectivity index (χ3n) is 4.06. The van der Waals surface area contributed by atoms with E-state index in [-0.39, 0.29) is 6.04 Å². The van der Waals surface area contributed by atoms with Crippen molar-refractivity contribution in [3.05, 3.63) is 0 Å². The Morgan fingerprint density at radius 2 is 1.91 bits per heavy atom. The zero-order valence-corrected chi connectivity index (χ0v) is 13.6. The van der Waals surface area contributed by atoms with Crippen molar-refractivity contribution in [1.29, 1.82) is 0 Å².